The first kappa shape index (κ1) is 29.3. The second-order valence-corrected chi connectivity index (χ2v) is 10.6. The Kier molecular flexibility index (Phi) is 8.97. The van der Waals surface area contributed by atoms with Crippen molar-refractivity contribution in [1.29, 1.82) is 5.26 Å². The summed E-state index contributed by atoms with van der Waals surface area (Å²) in [4.78, 5) is 45.0. The molecule has 1 aliphatic heterocycles. The summed E-state index contributed by atoms with van der Waals surface area (Å²) in [6.07, 6.45) is 1.26. The molecule has 5 rings (SSSR count). The smallest absolute Gasteiger partial charge is 0.307 e. The van der Waals surface area contributed by atoms with Gasteiger partial charge in [-0.3, -0.25) is 19.3 Å². The Morgan fingerprint density at radius 2 is 1.56 bits per heavy atom. The Bertz CT molecular complexity index is 1660. The molecule has 7 nitrogen and oxygen atoms in total. The Morgan fingerprint density at radius 1 is 0.884 bits per heavy atom. The lowest BCUT2D eigenvalue weighted by molar-refractivity contribution is -0.144. The Hall–Kier alpha value is -5.22. The van der Waals surface area contributed by atoms with E-state index in [1.165, 1.54) is 4.90 Å². The number of benzene rings is 4. The number of para-hydroxylation sites is 1. The summed E-state index contributed by atoms with van der Waals surface area (Å²) in [5.41, 5.74) is 4.72. The molecule has 2 amide bonds. The SMILES string of the molecule is CCOC(=O)CC(C)N1C(=O)c2cc(CCc3cccc(C#N)c3)ccc2N(c2ccccc2)C(=O)C1c1ccccc1. The van der Waals surface area contributed by atoms with Gasteiger partial charge in [-0.15, -0.1) is 0 Å². The number of carbonyl (C=O) groups is 3. The molecule has 2 atom stereocenters. The molecule has 0 fully saturated rings. The van der Waals surface area contributed by atoms with Gasteiger partial charge in [0.25, 0.3) is 11.8 Å². The summed E-state index contributed by atoms with van der Waals surface area (Å²) in [6.45, 7) is 3.75. The second-order valence-electron chi connectivity index (χ2n) is 10.6. The van der Waals surface area contributed by atoms with Gasteiger partial charge in [-0.2, -0.15) is 5.26 Å². The van der Waals surface area contributed by atoms with Crippen LogP contribution in [0.1, 0.15) is 58.9 Å². The number of anilines is 2. The van der Waals surface area contributed by atoms with Crippen molar-refractivity contribution in [2.75, 3.05) is 11.5 Å². The highest BCUT2D eigenvalue weighted by atomic mass is 16.5. The first-order valence-corrected chi connectivity index (χ1v) is 14.5. The lowest BCUT2D eigenvalue weighted by Gasteiger charge is -2.35. The molecular weight excluding hydrogens is 538 g/mol. The van der Waals surface area contributed by atoms with E-state index in [4.69, 9.17) is 4.74 Å². The largest absolute Gasteiger partial charge is 0.466 e. The molecule has 4 aromatic carbocycles. The summed E-state index contributed by atoms with van der Waals surface area (Å²) in [6, 6.07) is 32.2. The van der Waals surface area contributed by atoms with Crippen LogP contribution in [0.3, 0.4) is 0 Å². The van der Waals surface area contributed by atoms with E-state index in [1.807, 2.05) is 97.1 Å². The first-order valence-electron chi connectivity index (χ1n) is 14.5. The average molecular weight is 572 g/mol. The molecule has 0 spiro atoms. The maximum Gasteiger partial charge on any atom is 0.307 e. The highest BCUT2D eigenvalue weighted by Crippen LogP contribution is 2.40. The van der Waals surface area contributed by atoms with Crippen LogP contribution in [-0.4, -0.2) is 35.3 Å². The molecule has 2 unspecified atom stereocenters. The van der Waals surface area contributed by atoms with Crippen LogP contribution < -0.4 is 4.90 Å². The summed E-state index contributed by atoms with van der Waals surface area (Å²) < 4.78 is 5.21. The van der Waals surface area contributed by atoms with Gasteiger partial charge in [0.05, 0.1) is 35.9 Å². The van der Waals surface area contributed by atoms with Gasteiger partial charge in [-0.05, 0) is 79.8 Å². The van der Waals surface area contributed by atoms with Gasteiger partial charge < -0.3 is 9.64 Å². The first-order chi connectivity index (χ1) is 20.9. The molecule has 0 aromatic heterocycles. The normalized spacial score (nSPS) is 15.3. The Balaban J connectivity index is 1.62. The lowest BCUT2D eigenvalue weighted by Crippen LogP contribution is -2.46. The van der Waals surface area contributed by atoms with Crippen LogP contribution in [0.4, 0.5) is 11.4 Å². The Labute approximate surface area is 251 Å². The zero-order valence-electron chi connectivity index (χ0n) is 24.3. The number of rotatable bonds is 9. The third-order valence-electron chi connectivity index (χ3n) is 7.63. The standard InChI is InChI=1S/C36H33N3O4/c1-3-43-33(40)21-25(2)38-34(29-13-6-4-7-14-29)36(42)39(30-15-8-5-9-16-30)32-20-19-27(23-31(32)35(38)41)18-17-26-11-10-12-28(22-26)24-37/h4-16,19-20,22-23,25,34H,3,17-18,21H2,1-2H3. The van der Waals surface area contributed by atoms with Crippen molar-refractivity contribution >= 4 is 29.2 Å². The minimum Gasteiger partial charge on any atom is -0.466 e. The van der Waals surface area contributed by atoms with E-state index in [1.54, 1.807) is 24.8 Å². The minimum absolute atomic E-state index is 0.0498. The number of aryl methyl sites for hydroxylation is 2. The maximum absolute atomic E-state index is 14.6. The zero-order chi connectivity index (χ0) is 30.3. The van der Waals surface area contributed by atoms with Crippen molar-refractivity contribution in [1.82, 2.24) is 4.90 Å². The lowest BCUT2D eigenvalue weighted by atomic mass is 9.99. The van der Waals surface area contributed by atoms with E-state index in [2.05, 4.69) is 6.07 Å². The van der Waals surface area contributed by atoms with Crippen molar-refractivity contribution < 1.29 is 19.1 Å². The van der Waals surface area contributed by atoms with Gasteiger partial charge in [0.2, 0.25) is 0 Å². The van der Waals surface area contributed by atoms with Crippen LogP contribution in [0.2, 0.25) is 0 Å². The number of hydrogen-bond acceptors (Lipinski definition) is 5. The number of carbonyl (C=O) groups excluding carboxylic acids is 3. The van der Waals surface area contributed by atoms with E-state index in [0.29, 0.717) is 40.9 Å². The van der Waals surface area contributed by atoms with E-state index >= 15 is 0 Å². The van der Waals surface area contributed by atoms with Gasteiger partial charge >= 0.3 is 5.97 Å². The highest BCUT2D eigenvalue weighted by molar-refractivity contribution is 6.14. The van der Waals surface area contributed by atoms with Crippen molar-refractivity contribution in [3.05, 3.63) is 131 Å². The molecule has 43 heavy (non-hydrogen) atoms. The summed E-state index contributed by atoms with van der Waals surface area (Å²) >= 11 is 0. The third kappa shape index (κ3) is 6.34. The van der Waals surface area contributed by atoms with Crippen molar-refractivity contribution in [3.63, 3.8) is 0 Å². The number of amides is 2. The fourth-order valence-electron chi connectivity index (χ4n) is 5.60. The average Bonchev–Trinajstić information content (AvgIpc) is 3.12. The molecule has 0 N–H and O–H groups in total. The van der Waals surface area contributed by atoms with Gasteiger partial charge in [0.15, 0.2) is 0 Å². The Morgan fingerprint density at radius 3 is 2.23 bits per heavy atom. The fourth-order valence-corrected chi connectivity index (χ4v) is 5.60. The molecule has 0 bridgehead atoms. The fraction of sp³-hybridized carbons (Fsp3) is 0.222. The molecule has 0 radical (unpaired) electrons. The number of ether oxygens (including phenoxy) is 1. The van der Waals surface area contributed by atoms with Crippen molar-refractivity contribution in [2.24, 2.45) is 0 Å². The van der Waals surface area contributed by atoms with Crippen LogP contribution in [-0.2, 0) is 27.2 Å². The number of nitrogens with zero attached hydrogens (tertiary/aromatic N) is 3. The van der Waals surface area contributed by atoms with Crippen LogP contribution in [0.15, 0.2) is 103 Å². The van der Waals surface area contributed by atoms with Crippen LogP contribution >= 0.6 is 0 Å². The highest BCUT2D eigenvalue weighted by Gasteiger charge is 2.43. The molecular formula is C36H33N3O4. The van der Waals surface area contributed by atoms with Gasteiger partial charge in [0.1, 0.15) is 6.04 Å². The topological polar surface area (TPSA) is 90.7 Å². The number of esters is 1. The van der Waals surface area contributed by atoms with Crippen molar-refractivity contribution in [2.45, 2.75) is 45.2 Å². The molecule has 216 valence electrons. The molecule has 0 saturated carbocycles. The predicted octanol–water partition coefficient (Wildman–Crippen LogP) is 6.55. The van der Waals surface area contributed by atoms with E-state index in [0.717, 1.165) is 11.1 Å². The molecule has 0 aliphatic carbocycles. The van der Waals surface area contributed by atoms with Crippen molar-refractivity contribution in [3.8, 4) is 6.07 Å². The van der Waals surface area contributed by atoms with Gasteiger partial charge in [-0.1, -0.05) is 66.7 Å². The van der Waals surface area contributed by atoms with E-state index < -0.39 is 18.1 Å². The molecule has 0 saturated heterocycles. The summed E-state index contributed by atoms with van der Waals surface area (Å²) in [5.74, 6) is -1.05. The number of fused-ring (bicyclic) bond motifs is 1. The zero-order valence-corrected chi connectivity index (χ0v) is 24.3. The van der Waals surface area contributed by atoms with Gasteiger partial charge in [-0.25, -0.2) is 0 Å². The van der Waals surface area contributed by atoms with Crippen LogP contribution in [0.25, 0.3) is 0 Å². The molecule has 7 heteroatoms. The molecule has 1 heterocycles. The second kappa shape index (κ2) is 13.2. The van der Waals surface area contributed by atoms with Gasteiger partial charge in [0, 0.05) is 11.7 Å². The number of nitriles is 1. The monoisotopic (exact) mass is 571 g/mol. The quantitative estimate of drug-likeness (QED) is 0.213. The minimum atomic E-state index is -0.970. The maximum atomic E-state index is 14.6. The van der Waals surface area contributed by atoms with E-state index in [-0.39, 0.29) is 24.8 Å². The number of hydrogen-bond donors (Lipinski definition) is 0. The van der Waals surface area contributed by atoms with E-state index in [9.17, 15) is 19.6 Å². The summed E-state index contributed by atoms with van der Waals surface area (Å²) in [7, 11) is 0. The third-order valence-corrected chi connectivity index (χ3v) is 7.63. The summed E-state index contributed by atoms with van der Waals surface area (Å²) in [5, 5.41) is 9.28. The van der Waals surface area contributed by atoms with Crippen LogP contribution in [0, 0.1) is 11.3 Å². The predicted molar refractivity (Wildman–Crippen MR) is 165 cm³/mol. The molecule has 4 aromatic rings. The molecule has 1 aliphatic rings. The van der Waals surface area contributed by atoms with Crippen LogP contribution in [0.5, 0.6) is 0 Å².